The minimum absolute atomic E-state index is 0.0162. The van der Waals surface area contributed by atoms with Gasteiger partial charge in [-0.1, -0.05) is 0 Å². The molecule has 1 amide bonds. The van der Waals surface area contributed by atoms with Crippen LogP contribution < -0.4 is 11.1 Å². The summed E-state index contributed by atoms with van der Waals surface area (Å²) in [6.07, 6.45) is 0.0495. The van der Waals surface area contributed by atoms with Gasteiger partial charge in [-0.25, -0.2) is 0 Å². The fraction of sp³-hybridized carbons (Fsp3) is 0.889. The van der Waals surface area contributed by atoms with E-state index >= 15 is 0 Å². The summed E-state index contributed by atoms with van der Waals surface area (Å²) in [7, 11) is 1.64. The second-order valence-corrected chi connectivity index (χ2v) is 3.68. The highest BCUT2D eigenvalue weighted by molar-refractivity contribution is 5.77. The summed E-state index contributed by atoms with van der Waals surface area (Å²) in [6.45, 7) is 4.56. The van der Waals surface area contributed by atoms with Gasteiger partial charge < -0.3 is 15.8 Å². The molecule has 0 bridgehead atoms. The molecule has 14 heavy (non-hydrogen) atoms. The Bertz CT molecular complexity index is 196. The van der Waals surface area contributed by atoms with Crippen LogP contribution in [0.25, 0.3) is 0 Å². The fourth-order valence-corrected chi connectivity index (χ4v) is 1.48. The van der Waals surface area contributed by atoms with Crippen LogP contribution in [0.1, 0.15) is 6.92 Å². The topological polar surface area (TPSA) is 67.6 Å². The molecule has 2 unspecified atom stereocenters. The molecule has 1 saturated heterocycles. The molecule has 1 heterocycles. The second kappa shape index (κ2) is 5.29. The van der Waals surface area contributed by atoms with E-state index in [-0.39, 0.29) is 18.1 Å². The first-order valence-corrected chi connectivity index (χ1v) is 4.93. The molecule has 1 aliphatic rings. The molecule has 1 fully saturated rings. The average molecular weight is 201 g/mol. The number of likely N-dealkylation sites (N-methyl/N-ethyl adjacent to an activating group) is 1. The van der Waals surface area contributed by atoms with Gasteiger partial charge in [-0.2, -0.15) is 0 Å². The summed E-state index contributed by atoms with van der Waals surface area (Å²) in [5.41, 5.74) is 5.74. The monoisotopic (exact) mass is 201 g/mol. The van der Waals surface area contributed by atoms with Crippen LogP contribution >= 0.6 is 0 Å². The number of nitrogens with one attached hydrogen (secondary N) is 1. The summed E-state index contributed by atoms with van der Waals surface area (Å²) < 4.78 is 5.49. The number of carbonyl (C=O) groups is 1. The van der Waals surface area contributed by atoms with E-state index in [1.54, 1.807) is 7.05 Å². The highest BCUT2D eigenvalue weighted by Gasteiger charge is 2.24. The first-order valence-electron chi connectivity index (χ1n) is 4.93. The Morgan fingerprint density at radius 1 is 1.79 bits per heavy atom. The van der Waals surface area contributed by atoms with Gasteiger partial charge in [0.15, 0.2) is 0 Å². The molecule has 0 aromatic carbocycles. The summed E-state index contributed by atoms with van der Waals surface area (Å²) in [5, 5.41) is 2.60. The number of rotatable bonds is 3. The van der Waals surface area contributed by atoms with Crippen molar-refractivity contribution < 1.29 is 9.53 Å². The van der Waals surface area contributed by atoms with Crippen molar-refractivity contribution >= 4 is 5.91 Å². The second-order valence-electron chi connectivity index (χ2n) is 3.68. The lowest BCUT2D eigenvalue weighted by Crippen LogP contribution is -2.51. The molecular formula is C9H19N3O2. The van der Waals surface area contributed by atoms with E-state index in [1.165, 1.54) is 0 Å². The van der Waals surface area contributed by atoms with Gasteiger partial charge in [-0.15, -0.1) is 0 Å². The van der Waals surface area contributed by atoms with E-state index in [4.69, 9.17) is 10.5 Å². The lowest BCUT2D eigenvalue weighted by Gasteiger charge is -2.34. The van der Waals surface area contributed by atoms with E-state index in [0.717, 1.165) is 13.1 Å². The molecule has 3 N–H and O–H groups in total. The maximum absolute atomic E-state index is 11.1. The Labute approximate surface area is 84.6 Å². The van der Waals surface area contributed by atoms with Gasteiger partial charge >= 0.3 is 0 Å². The molecule has 0 aliphatic carbocycles. The van der Waals surface area contributed by atoms with E-state index in [9.17, 15) is 4.79 Å². The molecule has 0 radical (unpaired) electrons. The lowest BCUT2D eigenvalue weighted by atomic mass is 10.1. The maximum atomic E-state index is 11.1. The number of nitrogens with two attached hydrogens (primary N) is 1. The average Bonchev–Trinajstić information content (AvgIpc) is 2.18. The summed E-state index contributed by atoms with van der Waals surface area (Å²) in [5.74, 6) is 0.0373. The minimum atomic E-state index is 0.0162. The van der Waals surface area contributed by atoms with E-state index < -0.39 is 0 Å². The Hall–Kier alpha value is -0.650. The predicted molar refractivity (Wildman–Crippen MR) is 53.9 cm³/mol. The molecule has 1 rings (SSSR count). The Morgan fingerprint density at radius 3 is 3.07 bits per heavy atom. The van der Waals surface area contributed by atoms with Crippen LogP contribution in [0.3, 0.4) is 0 Å². The van der Waals surface area contributed by atoms with Crippen LogP contribution in [0.5, 0.6) is 0 Å². The minimum Gasteiger partial charge on any atom is -0.374 e. The van der Waals surface area contributed by atoms with E-state index in [2.05, 4.69) is 10.2 Å². The maximum Gasteiger partial charge on any atom is 0.233 e. The number of amides is 1. The number of carbonyl (C=O) groups excluding carboxylic acids is 1. The highest BCUT2D eigenvalue weighted by atomic mass is 16.5. The summed E-state index contributed by atoms with van der Waals surface area (Å²) in [6, 6.07) is 0.0162. The van der Waals surface area contributed by atoms with Crippen LogP contribution in [0, 0.1) is 0 Å². The fourth-order valence-electron chi connectivity index (χ4n) is 1.48. The molecule has 82 valence electrons. The van der Waals surface area contributed by atoms with E-state index in [1.807, 2.05) is 6.92 Å². The largest absolute Gasteiger partial charge is 0.374 e. The van der Waals surface area contributed by atoms with Crippen molar-refractivity contribution in [2.24, 2.45) is 5.73 Å². The van der Waals surface area contributed by atoms with Crippen LogP contribution in [0.2, 0.25) is 0 Å². The van der Waals surface area contributed by atoms with Gasteiger partial charge in [-0.05, 0) is 6.92 Å². The van der Waals surface area contributed by atoms with Gasteiger partial charge in [0.25, 0.3) is 0 Å². The van der Waals surface area contributed by atoms with Crippen molar-refractivity contribution in [2.45, 2.75) is 19.1 Å². The molecule has 5 heteroatoms. The lowest BCUT2D eigenvalue weighted by molar-refractivity contribution is -0.124. The number of ether oxygens (including phenoxy) is 1. The SMILES string of the molecule is CNC(=O)CN1CCOC(C(C)N)C1. The van der Waals surface area contributed by atoms with Gasteiger partial charge in [0, 0.05) is 26.2 Å². The smallest absolute Gasteiger partial charge is 0.233 e. The van der Waals surface area contributed by atoms with Crippen molar-refractivity contribution in [3.05, 3.63) is 0 Å². The molecule has 5 nitrogen and oxygen atoms in total. The molecule has 0 saturated carbocycles. The highest BCUT2D eigenvalue weighted by Crippen LogP contribution is 2.06. The summed E-state index contributed by atoms with van der Waals surface area (Å²) in [4.78, 5) is 13.2. The van der Waals surface area contributed by atoms with Crippen LogP contribution in [0.4, 0.5) is 0 Å². The van der Waals surface area contributed by atoms with E-state index in [0.29, 0.717) is 13.2 Å². The molecule has 2 atom stereocenters. The first-order chi connectivity index (χ1) is 6.63. The Kier molecular flexibility index (Phi) is 4.31. The standard InChI is InChI=1S/C9H19N3O2/c1-7(10)8-5-12(3-4-14-8)6-9(13)11-2/h7-8H,3-6,10H2,1-2H3,(H,11,13). The predicted octanol–water partition coefficient (Wildman–Crippen LogP) is -1.22. The van der Waals surface area contributed by atoms with Gasteiger partial charge in [0.05, 0.1) is 19.3 Å². The molecule has 0 aromatic heterocycles. The van der Waals surface area contributed by atoms with Crippen molar-refractivity contribution in [1.29, 1.82) is 0 Å². The molecule has 0 spiro atoms. The third kappa shape index (κ3) is 3.25. The van der Waals surface area contributed by atoms with Crippen molar-refractivity contribution in [3.63, 3.8) is 0 Å². The molecular weight excluding hydrogens is 182 g/mol. The van der Waals surface area contributed by atoms with Crippen molar-refractivity contribution in [1.82, 2.24) is 10.2 Å². The molecule has 0 aromatic rings. The van der Waals surface area contributed by atoms with Crippen LogP contribution in [0.15, 0.2) is 0 Å². The van der Waals surface area contributed by atoms with Crippen LogP contribution in [-0.2, 0) is 9.53 Å². The quantitative estimate of drug-likeness (QED) is 0.600. The zero-order valence-electron chi connectivity index (χ0n) is 8.82. The van der Waals surface area contributed by atoms with Crippen molar-refractivity contribution in [3.8, 4) is 0 Å². The van der Waals surface area contributed by atoms with Crippen molar-refractivity contribution in [2.75, 3.05) is 33.3 Å². The van der Waals surface area contributed by atoms with Gasteiger partial charge in [0.2, 0.25) is 5.91 Å². The Balaban J connectivity index is 2.36. The Morgan fingerprint density at radius 2 is 2.50 bits per heavy atom. The number of morpholine rings is 1. The normalized spacial score (nSPS) is 25.8. The first kappa shape index (κ1) is 11.4. The number of nitrogens with zero attached hydrogens (tertiary/aromatic N) is 1. The zero-order chi connectivity index (χ0) is 10.6. The van der Waals surface area contributed by atoms with Gasteiger partial charge in [-0.3, -0.25) is 9.69 Å². The third-order valence-electron chi connectivity index (χ3n) is 2.41. The third-order valence-corrected chi connectivity index (χ3v) is 2.41. The number of hydrogen-bond acceptors (Lipinski definition) is 4. The van der Waals surface area contributed by atoms with Gasteiger partial charge in [0.1, 0.15) is 0 Å². The number of hydrogen-bond donors (Lipinski definition) is 2. The zero-order valence-corrected chi connectivity index (χ0v) is 8.82. The molecule has 1 aliphatic heterocycles. The van der Waals surface area contributed by atoms with Crippen LogP contribution in [-0.4, -0.2) is 56.2 Å². The summed E-state index contributed by atoms with van der Waals surface area (Å²) >= 11 is 0.